The first-order chi connectivity index (χ1) is 9.63. The number of thiazole rings is 1. The second kappa shape index (κ2) is 6.78. The molecule has 20 heavy (non-hydrogen) atoms. The summed E-state index contributed by atoms with van der Waals surface area (Å²) in [6.07, 6.45) is 2.61. The van der Waals surface area contributed by atoms with Crippen LogP contribution in [0.15, 0.2) is 29.8 Å². The minimum atomic E-state index is -0.409. The summed E-state index contributed by atoms with van der Waals surface area (Å²) in [6, 6.07) is 4.79. The molecule has 7 heteroatoms. The molecular formula is C13H14ClN3O2S. The Morgan fingerprint density at radius 2 is 2.35 bits per heavy atom. The highest BCUT2D eigenvalue weighted by atomic mass is 35.5. The van der Waals surface area contributed by atoms with E-state index in [0.29, 0.717) is 17.1 Å². The van der Waals surface area contributed by atoms with Crippen LogP contribution in [0.3, 0.4) is 0 Å². The molecule has 1 aromatic heterocycles. The molecule has 0 bridgehead atoms. The van der Waals surface area contributed by atoms with Gasteiger partial charge in [0, 0.05) is 24.2 Å². The van der Waals surface area contributed by atoms with Gasteiger partial charge in [-0.2, -0.15) is 0 Å². The van der Waals surface area contributed by atoms with E-state index in [4.69, 9.17) is 11.6 Å². The van der Waals surface area contributed by atoms with Crippen molar-refractivity contribution >= 4 is 28.6 Å². The van der Waals surface area contributed by atoms with Crippen molar-refractivity contribution in [3.63, 3.8) is 0 Å². The molecule has 1 unspecified atom stereocenters. The molecule has 0 fully saturated rings. The standard InChI is InChI=1S/C13H14ClN3O2S/c1-2-11(13-15-6-7-20-13)16-8-9-10(14)4-3-5-12(9)17(18)19/h3-7,11,16H,2,8H2,1H3. The number of halogens is 1. The summed E-state index contributed by atoms with van der Waals surface area (Å²) in [7, 11) is 0. The quantitative estimate of drug-likeness (QED) is 0.648. The highest BCUT2D eigenvalue weighted by molar-refractivity contribution is 7.09. The van der Waals surface area contributed by atoms with Gasteiger partial charge in [-0.1, -0.05) is 24.6 Å². The summed E-state index contributed by atoms with van der Waals surface area (Å²) in [4.78, 5) is 14.9. The van der Waals surface area contributed by atoms with Gasteiger partial charge in [0.1, 0.15) is 5.01 Å². The molecule has 0 aliphatic rings. The van der Waals surface area contributed by atoms with Crippen molar-refractivity contribution in [2.24, 2.45) is 0 Å². The second-order valence-electron chi connectivity index (χ2n) is 4.21. The highest BCUT2D eigenvalue weighted by Gasteiger charge is 2.18. The van der Waals surface area contributed by atoms with Crippen LogP contribution in [0.5, 0.6) is 0 Å². The predicted molar refractivity (Wildman–Crippen MR) is 80.1 cm³/mol. The van der Waals surface area contributed by atoms with Gasteiger partial charge in [-0.05, 0) is 12.5 Å². The highest BCUT2D eigenvalue weighted by Crippen LogP contribution is 2.27. The molecule has 0 saturated carbocycles. The van der Waals surface area contributed by atoms with Gasteiger partial charge in [-0.15, -0.1) is 11.3 Å². The molecule has 106 valence electrons. The zero-order valence-corrected chi connectivity index (χ0v) is 12.4. The maximum atomic E-state index is 11.0. The Kier molecular flexibility index (Phi) is 5.05. The van der Waals surface area contributed by atoms with E-state index in [0.717, 1.165) is 11.4 Å². The summed E-state index contributed by atoms with van der Waals surface area (Å²) in [6.45, 7) is 2.38. The van der Waals surface area contributed by atoms with E-state index in [9.17, 15) is 10.1 Å². The predicted octanol–water partition coefficient (Wildman–Crippen LogP) is 3.95. The molecule has 0 aliphatic heterocycles. The zero-order valence-electron chi connectivity index (χ0n) is 10.9. The van der Waals surface area contributed by atoms with Crippen LogP contribution in [-0.4, -0.2) is 9.91 Å². The first kappa shape index (κ1) is 14.9. The largest absolute Gasteiger partial charge is 0.304 e. The Labute approximate surface area is 125 Å². The van der Waals surface area contributed by atoms with Gasteiger partial charge in [0.15, 0.2) is 0 Å². The molecule has 0 amide bonds. The van der Waals surface area contributed by atoms with Crippen LogP contribution < -0.4 is 5.32 Å². The Morgan fingerprint density at radius 1 is 1.55 bits per heavy atom. The average molecular weight is 312 g/mol. The molecule has 0 radical (unpaired) electrons. The molecule has 0 saturated heterocycles. The molecule has 0 aliphatic carbocycles. The third-order valence-electron chi connectivity index (χ3n) is 2.97. The van der Waals surface area contributed by atoms with Crippen molar-refractivity contribution in [1.82, 2.24) is 10.3 Å². The van der Waals surface area contributed by atoms with Crippen LogP contribution >= 0.6 is 22.9 Å². The summed E-state index contributed by atoms with van der Waals surface area (Å²) in [5.74, 6) is 0. The first-order valence-electron chi connectivity index (χ1n) is 6.18. The summed E-state index contributed by atoms with van der Waals surface area (Å²) in [5.41, 5.74) is 0.549. The number of hydrogen-bond donors (Lipinski definition) is 1. The SMILES string of the molecule is CCC(NCc1c(Cl)cccc1[N+](=O)[O-])c1nccs1. The normalized spacial score (nSPS) is 12.3. The van der Waals surface area contributed by atoms with Crippen LogP contribution in [0.25, 0.3) is 0 Å². The fourth-order valence-corrected chi connectivity index (χ4v) is 2.96. The third kappa shape index (κ3) is 3.33. The first-order valence-corrected chi connectivity index (χ1v) is 7.43. The molecular weight excluding hydrogens is 298 g/mol. The molecule has 2 rings (SSSR count). The minimum Gasteiger partial charge on any atom is -0.304 e. The smallest absolute Gasteiger partial charge is 0.275 e. The van der Waals surface area contributed by atoms with Crippen LogP contribution in [0.1, 0.15) is 30.0 Å². The summed E-state index contributed by atoms with van der Waals surface area (Å²) < 4.78 is 0. The lowest BCUT2D eigenvalue weighted by Gasteiger charge is -2.15. The number of hydrogen-bond acceptors (Lipinski definition) is 5. The van der Waals surface area contributed by atoms with Crippen LogP contribution in [-0.2, 0) is 6.54 Å². The number of aromatic nitrogens is 1. The molecule has 5 nitrogen and oxygen atoms in total. The average Bonchev–Trinajstić information content (AvgIpc) is 2.94. The lowest BCUT2D eigenvalue weighted by Crippen LogP contribution is -2.20. The Hall–Kier alpha value is -1.50. The monoisotopic (exact) mass is 311 g/mol. The molecule has 1 N–H and O–H groups in total. The van der Waals surface area contributed by atoms with E-state index in [1.165, 1.54) is 6.07 Å². The van der Waals surface area contributed by atoms with Crippen LogP contribution in [0.2, 0.25) is 5.02 Å². The maximum Gasteiger partial charge on any atom is 0.275 e. The van der Waals surface area contributed by atoms with Crippen LogP contribution in [0, 0.1) is 10.1 Å². The molecule has 1 atom stereocenters. The van der Waals surface area contributed by atoms with Crippen molar-refractivity contribution < 1.29 is 4.92 Å². The van der Waals surface area contributed by atoms with Crippen molar-refractivity contribution in [2.45, 2.75) is 25.9 Å². The van der Waals surface area contributed by atoms with E-state index in [-0.39, 0.29) is 11.7 Å². The fraction of sp³-hybridized carbons (Fsp3) is 0.308. The Morgan fingerprint density at radius 3 is 2.95 bits per heavy atom. The summed E-state index contributed by atoms with van der Waals surface area (Å²) >= 11 is 7.63. The number of benzene rings is 1. The topological polar surface area (TPSA) is 68.1 Å². The van der Waals surface area contributed by atoms with Gasteiger partial charge in [0.05, 0.1) is 21.6 Å². The van der Waals surface area contributed by atoms with Gasteiger partial charge < -0.3 is 5.32 Å². The molecule has 1 heterocycles. The molecule has 1 aromatic carbocycles. The number of nitro benzene ring substituents is 1. The van der Waals surface area contributed by atoms with Crippen molar-refractivity contribution in [3.8, 4) is 0 Å². The number of nitrogens with zero attached hydrogens (tertiary/aromatic N) is 2. The second-order valence-corrected chi connectivity index (χ2v) is 5.54. The van der Waals surface area contributed by atoms with Gasteiger partial charge in [0.2, 0.25) is 0 Å². The fourth-order valence-electron chi connectivity index (χ4n) is 1.93. The zero-order chi connectivity index (χ0) is 14.5. The van der Waals surface area contributed by atoms with Gasteiger partial charge in [-0.3, -0.25) is 10.1 Å². The Balaban J connectivity index is 2.16. The molecule has 2 aromatic rings. The van der Waals surface area contributed by atoms with E-state index < -0.39 is 4.92 Å². The van der Waals surface area contributed by atoms with E-state index in [1.54, 1.807) is 29.7 Å². The van der Waals surface area contributed by atoms with Gasteiger partial charge in [-0.25, -0.2) is 4.98 Å². The number of nitrogens with one attached hydrogen (secondary N) is 1. The van der Waals surface area contributed by atoms with Gasteiger partial charge >= 0.3 is 0 Å². The maximum absolute atomic E-state index is 11.0. The Bertz CT molecular complexity index is 589. The minimum absolute atomic E-state index is 0.0407. The van der Waals surface area contributed by atoms with Crippen molar-refractivity contribution in [2.75, 3.05) is 0 Å². The van der Waals surface area contributed by atoms with Crippen molar-refractivity contribution in [3.05, 3.63) is 55.5 Å². The molecule has 0 spiro atoms. The third-order valence-corrected chi connectivity index (χ3v) is 4.22. The van der Waals surface area contributed by atoms with Crippen molar-refractivity contribution in [1.29, 1.82) is 0 Å². The van der Waals surface area contributed by atoms with E-state index >= 15 is 0 Å². The van der Waals surface area contributed by atoms with E-state index in [2.05, 4.69) is 10.3 Å². The lowest BCUT2D eigenvalue weighted by molar-refractivity contribution is -0.385. The number of nitro groups is 1. The lowest BCUT2D eigenvalue weighted by atomic mass is 10.1. The summed E-state index contributed by atoms with van der Waals surface area (Å²) in [5, 5.41) is 17.6. The van der Waals surface area contributed by atoms with E-state index in [1.807, 2.05) is 12.3 Å². The number of rotatable bonds is 6. The van der Waals surface area contributed by atoms with Crippen LogP contribution in [0.4, 0.5) is 5.69 Å². The van der Waals surface area contributed by atoms with Gasteiger partial charge in [0.25, 0.3) is 5.69 Å².